The van der Waals surface area contributed by atoms with Crippen molar-refractivity contribution >= 4 is 21.6 Å². The minimum Gasteiger partial charge on any atom is -0.352 e. The third-order valence-corrected chi connectivity index (χ3v) is 4.11. The highest BCUT2D eigenvalue weighted by Gasteiger charge is 2.04. The molecule has 0 saturated carbocycles. The topological polar surface area (TPSA) is 75.3 Å². The third-order valence-electron chi connectivity index (χ3n) is 3.50. The Morgan fingerprint density at radius 1 is 1.00 bits per heavy atom. The zero-order valence-electron chi connectivity index (χ0n) is 13.9. The highest BCUT2D eigenvalue weighted by Crippen LogP contribution is 2.12. The summed E-state index contributed by atoms with van der Waals surface area (Å²) < 4.78 is 24.7. The van der Waals surface area contributed by atoms with Gasteiger partial charge < -0.3 is 5.32 Å². The van der Waals surface area contributed by atoms with E-state index in [0.717, 1.165) is 30.2 Å². The van der Waals surface area contributed by atoms with Gasteiger partial charge in [0.05, 0.1) is 6.26 Å². The van der Waals surface area contributed by atoms with Crippen molar-refractivity contribution < 1.29 is 13.2 Å². The molecule has 0 atom stereocenters. The van der Waals surface area contributed by atoms with Gasteiger partial charge in [0.1, 0.15) is 0 Å². The van der Waals surface area contributed by atoms with Gasteiger partial charge in [-0.1, -0.05) is 29.8 Å². The third kappa shape index (κ3) is 6.04. The van der Waals surface area contributed by atoms with Crippen molar-refractivity contribution in [1.29, 1.82) is 0 Å². The SMILES string of the molecule is Cc1ccc(C(=O)NCCCc2ccc(NS(C)(=O)=O)cc2)cc1. The van der Waals surface area contributed by atoms with Crippen LogP contribution in [0.25, 0.3) is 0 Å². The Hall–Kier alpha value is -2.34. The molecule has 0 aliphatic rings. The second kappa shape index (κ2) is 7.97. The number of sulfonamides is 1. The van der Waals surface area contributed by atoms with Crippen molar-refractivity contribution in [1.82, 2.24) is 5.32 Å². The maximum atomic E-state index is 12.0. The summed E-state index contributed by atoms with van der Waals surface area (Å²) >= 11 is 0. The van der Waals surface area contributed by atoms with Gasteiger partial charge in [0.25, 0.3) is 5.91 Å². The fourth-order valence-corrected chi connectivity index (χ4v) is 2.82. The molecule has 2 aromatic rings. The molecule has 0 radical (unpaired) electrons. The van der Waals surface area contributed by atoms with Crippen LogP contribution in [0.4, 0.5) is 5.69 Å². The second-order valence-corrected chi connectivity index (χ2v) is 7.55. The van der Waals surface area contributed by atoms with Crippen molar-refractivity contribution in [3.63, 3.8) is 0 Å². The highest BCUT2D eigenvalue weighted by atomic mass is 32.2. The summed E-state index contributed by atoms with van der Waals surface area (Å²) in [6.07, 6.45) is 2.75. The summed E-state index contributed by atoms with van der Waals surface area (Å²) in [5.74, 6) is -0.0669. The van der Waals surface area contributed by atoms with Crippen LogP contribution < -0.4 is 10.0 Å². The summed E-state index contributed by atoms with van der Waals surface area (Å²) in [5, 5.41) is 2.90. The molecule has 0 saturated heterocycles. The van der Waals surface area contributed by atoms with E-state index in [1.807, 2.05) is 43.3 Å². The molecule has 0 fully saturated rings. The van der Waals surface area contributed by atoms with E-state index >= 15 is 0 Å². The van der Waals surface area contributed by atoms with Crippen LogP contribution >= 0.6 is 0 Å². The summed E-state index contributed by atoms with van der Waals surface area (Å²) in [5.41, 5.74) is 3.43. The zero-order valence-corrected chi connectivity index (χ0v) is 14.7. The van der Waals surface area contributed by atoms with Crippen LogP contribution in [0, 0.1) is 6.92 Å². The average Bonchev–Trinajstić information content (AvgIpc) is 2.52. The normalized spacial score (nSPS) is 11.1. The van der Waals surface area contributed by atoms with Crippen LogP contribution in [0.5, 0.6) is 0 Å². The highest BCUT2D eigenvalue weighted by molar-refractivity contribution is 7.92. The van der Waals surface area contributed by atoms with Gasteiger partial charge in [-0.25, -0.2) is 8.42 Å². The molecule has 5 nitrogen and oxygen atoms in total. The smallest absolute Gasteiger partial charge is 0.251 e. The molecule has 2 aromatic carbocycles. The van der Waals surface area contributed by atoms with Crippen LogP contribution in [-0.2, 0) is 16.4 Å². The molecule has 2 rings (SSSR count). The lowest BCUT2D eigenvalue weighted by Gasteiger charge is -2.07. The first-order valence-corrected chi connectivity index (χ1v) is 9.64. The van der Waals surface area contributed by atoms with E-state index in [1.54, 1.807) is 12.1 Å². The van der Waals surface area contributed by atoms with E-state index in [9.17, 15) is 13.2 Å². The minimum atomic E-state index is -3.25. The number of anilines is 1. The maximum Gasteiger partial charge on any atom is 0.251 e. The largest absolute Gasteiger partial charge is 0.352 e. The number of carbonyl (C=O) groups is 1. The van der Waals surface area contributed by atoms with E-state index < -0.39 is 10.0 Å². The van der Waals surface area contributed by atoms with E-state index in [2.05, 4.69) is 10.0 Å². The molecule has 0 aromatic heterocycles. The molecular weight excluding hydrogens is 324 g/mol. The Morgan fingerprint density at radius 2 is 1.62 bits per heavy atom. The van der Waals surface area contributed by atoms with Crippen molar-refractivity contribution in [2.45, 2.75) is 19.8 Å². The molecule has 0 unspecified atom stereocenters. The van der Waals surface area contributed by atoms with Gasteiger partial charge in [-0.3, -0.25) is 9.52 Å². The molecule has 6 heteroatoms. The zero-order chi connectivity index (χ0) is 17.6. The molecular formula is C18H22N2O3S. The molecule has 0 spiro atoms. The van der Waals surface area contributed by atoms with E-state index in [1.165, 1.54) is 0 Å². The summed E-state index contributed by atoms with van der Waals surface area (Å²) in [6, 6.07) is 14.7. The monoisotopic (exact) mass is 346 g/mol. The van der Waals surface area contributed by atoms with Crippen LogP contribution in [-0.4, -0.2) is 27.1 Å². The predicted molar refractivity (Wildman–Crippen MR) is 96.7 cm³/mol. The second-order valence-electron chi connectivity index (χ2n) is 5.80. The van der Waals surface area contributed by atoms with Gasteiger partial charge in [-0.15, -0.1) is 0 Å². The Kier molecular flexibility index (Phi) is 5.98. The predicted octanol–water partition coefficient (Wildman–Crippen LogP) is 2.73. The van der Waals surface area contributed by atoms with Crippen LogP contribution in [0.2, 0.25) is 0 Å². The van der Waals surface area contributed by atoms with Crippen LogP contribution in [0.15, 0.2) is 48.5 Å². The fraction of sp³-hybridized carbons (Fsp3) is 0.278. The van der Waals surface area contributed by atoms with Crippen molar-refractivity contribution in [2.24, 2.45) is 0 Å². The number of benzene rings is 2. The average molecular weight is 346 g/mol. The number of carbonyl (C=O) groups excluding carboxylic acids is 1. The van der Waals surface area contributed by atoms with Gasteiger partial charge >= 0.3 is 0 Å². The molecule has 24 heavy (non-hydrogen) atoms. The molecule has 1 amide bonds. The molecule has 0 bridgehead atoms. The van der Waals surface area contributed by atoms with Gasteiger partial charge in [0.2, 0.25) is 10.0 Å². The van der Waals surface area contributed by atoms with Gasteiger partial charge in [0.15, 0.2) is 0 Å². The Morgan fingerprint density at radius 3 is 2.21 bits per heavy atom. The number of hydrogen-bond donors (Lipinski definition) is 2. The Balaban J connectivity index is 1.76. The quantitative estimate of drug-likeness (QED) is 0.757. The van der Waals surface area contributed by atoms with Crippen molar-refractivity contribution in [3.05, 3.63) is 65.2 Å². The molecule has 0 aliphatic heterocycles. The number of amides is 1. The van der Waals surface area contributed by atoms with Crippen LogP contribution in [0.3, 0.4) is 0 Å². The first-order chi connectivity index (χ1) is 11.3. The first-order valence-electron chi connectivity index (χ1n) is 7.75. The number of hydrogen-bond acceptors (Lipinski definition) is 3. The van der Waals surface area contributed by atoms with Gasteiger partial charge in [-0.05, 0) is 49.6 Å². The first kappa shape index (κ1) is 18.0. The minimum absolute atomic E-state index is 0.0669. The molecule has 128 valence electrons. The summed E-state index contributed by atoms with van der Waals surface area (Å²) in [7, 11) is -3.25. The number of nitrogens with one attached hydrogen (secondary N) is 2. The maximum absolute atomic E-state index is 12.0. The van der Waals surface area contributed by atoms with Crippen molar-refractivity contribution in [2.75, 3.05) is 17.5 Å². The fourth-order valence-electron chi connectivity index (χ4n) is 2.25. The molecule has 2 N–H and O–H groups in total. The van der Waals surface area contributed by atoms with E-state index in [4.69, 9.17) is 0 Å². The lowest BCUT2D eigenvalue weighted by molar-refractivity contribution is 0.0953. The standard InChI is InChI=1S/C18H22N2O3S/c1-14-5-9-16(10-6-14)18(21)19-13-3-4-15-7-11-17(12-8-15)20-24(2,22)23/h5-12,20H,3-4,13H2,1-2H3,(H,19,21). The van der Waals surface area contributed by atoms with E-state index in [0.29, 0.717) is 17.8 Å². The van der Waals surface area contributed by atoms with Gasteiger partial charge in [-0.2, -0.15) is 0 Å². The van der Waals surface area contributed by atoms with Crippen LogP contribution in [0.1, 0.15) is 27.9 Å². The number of aryl methyl sites for hydroxylation is 2. The molecule has 0 heterocycles. The Labute approximate surface area is 143 Å². The lowest BCUT2D eigenvalue weighted by atomic mass is 10.1. The Bertz CT molecular complexity index is 782. The van der Waals surface area contributed by atoms with E-state index in [-0.39, 0.29) is 5.91 Å². The summed E-state index contributed by atoms with van der Waals surface area (Å²) in [6.45, 7) is 2.58. The van der Waals surface area contributed by atoms with Gasteiger partial charge in [0, 0.05) is 17.8 Å². The number of rotatable bonds is 7. The lowest BCUT2D eigenvalue weighted by Crippen LogP contribution is -2.24. The summed E-state index contributed by atoms with van der Waals surface area (Å²) in [4.78, 5) is 12.0. The van der Waals surface area contributed by atoms with Crippen molar-refractivity contribution in [3.8, 4) is 0 Å². The molecule has 0 aliphatic carbocycles.